The molecular formula is C15H16N2O2S. The van der Waals surface area contributed by atoms with Crippen molar-refractivity contribution in [2.75, 3.05) is 7.11 Å². The molecule has 4 nitrogen and oxygen atoms in total. The SMILES string of the molecule is CCc1ccccc1-c1nc(=S)c(C(=O)OC)c(C)[nH]1. The predicted molar refractivity (Wildman–Crippen MR) is 80.3 cm³/mol. The first-order chi connectivity index (χ1) is 9.58. The number of methoxy groups -OCH3 is 1. The van der Waals surface area contributed by atoms with Crippen LogP contribution in [0.1, 0.15) is 28.5 Å². The highest BCUT2D eigenvalue weighted by Gasteiger charge is 2.15. The Morgan fingerprint density at radius 2 is 2.10 bits per heavy atom. The van der Waals surface area contributed by atoms with Crippen LogP contribution in [0.2, 0.25) is 0 Å². The highest BCUT2D eigenvalue weighted by Crippen LogP contribution is 2.22. The Kier molecular flexibility index (Phi) is 4.29. The van der Waals surface area contributed by atoms with Gasteiger partial charge in [0.1, 0.15) is 16.0 Å². The molecule has 1 aromatic carbocycles. The van der Waals surface area contributed by atoms with Gasteiger partial charge in [0, 0.05) is 11.3 Å². The number of hydrogen-bond acceptors (Lipinski definition) is 4. The van der Waals surface area contributed by atoms with Gasteiger partial charge in [-0.25, -0.2) is 9.78 Å². The van der Waals surface area contributed by atoms with E-state index in [9.17, 15) is 4.79 Å². The first kappa shape index (κ1) is 14.4. The largest absolute Gasteiger partial charge is 0.465 e. The molecular weight excluding hydrogens is 272 g/mol. The van der Waals surface area contributed by atoms with Crippen LogP contribution in [0, 0.1) is 11.6 Å². The number of esters is 1. The Morgan fingerprint density at radius 3 is 2.70 bits per heavy atom. The van der Waals surface area contributed by atoms with Gasteiger partial charge in [0.25, 0.3) is 0 Å². The average molecular weight is 288 g/mol. The second kappa shape index (κ2) is 5.96. The number of carbonyl (C=O) groups is 1. The lowest BCUT2D eigenvalue weighted by molar-refractivity contribution is 0.0598. The number of nitrogens with one attached hydrogen (secondary N) is 1. The van der Waals surface area contributed by atoms with Crippen LogP contribution in [0.5, 0.6) is 0 Å². The molecule has 0 unspecified atom stereocenters. The van der Waals surface area contributed by atoms with Crippen LogP contribution < -0.4 is 0 Å². The van der Waals surface area contributed by atoms with Gasteiger partial charge in [0.05, 0.1) is 7.11 Å². The number of aromatic nitrogens is 2. The predicted octanol–water partition coefficient (Wildman–Crippen LogP) is 3.46. The number of H-pyrrole nitrogens is 1. The Morgan fingerprint density at radius 1 is 1.40 bits per heavy atom. The van der Waals surface area contributed by atoms with E-state index in [-0.39, 0.29) is 4.64 Å². The van der Waals surface area contributed by atoms with Gasteiger partial charge >= 0.3 is 5.97 Å². The molecule has 0 saturated carbocycles. The molecule has 0 fully saturated rings. The van der Waals surface area contributed by atoms with Crippen molar-refractivity contribution in [3.8, 4) is 11.4 Å². The fraction of sp³-hybridized carbons (Fsp3) is 0.267. The van der Waals surface area contributed by atoms with Crippen LogP contribution in [-0.4, -0.2) is 23.0 Å². The number of carbonyl (C=O) groups excluding carboxylic acids is 1. The van der Waals surface area contributed by atoms with Crippen LogP contribution in [0.25, 0.3) is 11.4 Å². The molecule has 0 amide bonds. The maximum atomic E-state index is 11.7. The second-order valence-electron chi connectivity index (χ2n) is 4.39. The van der Waals surface area contributed by atoms with Gasteiger partial charge in [-0.15, -0.1) is 0 Å². The number of aryl methyl sites for hydroxylation is 2. The molecule has 1 heterocycles. The lowest BCUT2D eigenvalue weighted by Gasteiger charge is -2.10. The summed E-state index contributed by atoms with van der Waals surface area (Å²) < 4.78 is 4.98. The number of benzene rings is 1. The summed E-state index contributed by atoms with van der Waals surface area (Å²) in [4.78, 5) is 19.2. The van der Waals surface area contributed by atoms with E-state index in [1.165, 1.54) is 12.7 Å². The smallest absolute Gasteiger partial charge is 0.342 e. The van der Waals surface area contributed by atoms with Crippen LogP contribution in [-0.2, 0) is 11.2 Å². The summed E-state index contributed by atoms with van der Waals surface area (Å²) in [5, 5.41) is 0. The van der Waals surface area contributed by atoms with Gasteiger partial charge in [-0.1, -0.05) is 43.4 Å². The van der Waals surface area contributed by atoms with Crippen LogP contribution in [0.3, 0.4) is 0 Å². The van der Waals surface area contributed by atoms with Gasteiger partial charge in [0.15, 0.2) is 0 Å². The van der Waals surface area contributed by atoms with Crippen LogP contribution in [0.4, 0.5) is 0 Å². The lowest BCUT2D eigenvalue weighted by atomic mass is 10.0. The van der Waals surface area contributed by atoms with E-state index in [1.54, 1.807) is 6.92 Å². The Bertz CT molecular complexity index is 707. The van der Waals surface area contributed by atoms with Crippen LogP contribution in [0.15, 0.2) is 24.3 Å². The minimum absolute atomic E-state index is 0.258. The Hall–Kier alpha value is -2.01. The molecule has 0 spiro atoms. The second-order valence-corrected chi connectivity index (χ2v) is 4.78. The Balaban J connectivity index is 2.61. The van der Waals surface area contributed by atoms with E-state index < -0.39 is 5.97 Å². The molecule has 0 atom stereocenters. The summed E-state index contributed by atoms with van der Waals surface area (Å²) in [6, 6.07) is 7.99. The molecule has 5 heteroatoms. The van der Waals surface area contributed by atoms with Crippen molar-refractivity contribution in [1.29, 1.82) is 0 Å². The summed E-state index contributed by atoms with van der Waals surface area (Å²) in [5.41, 5.74) is 3.16. The zero-order valence-corrected chi connectivity index (χ0v) is 12.5. The summed E-state index contributed by atoms with van der Waals surface area (Å²) >= 11 is 5.22. The minimum atomic E-state index is -0.466. The summed E-state index contributed by atoms with van der Waals surface area (Å²) in [7, 11) is 1.33. The monoisotopic (exact) mass is 288 g/mol. The molecule has 0 bridgehead atoms. The zero-order valence-electron chi connectivity index (χ0n) is 11.7. The minimum Gasteiger partial charge on any atom is -0.465 e. The topological polar surface area (TPSA) is 55.0 Å². The number of ether oxygens (including phenoxy) is 1. The maximum Gasteiger partial charge on any atom is 0.342 e. The first-order valence-electron chi connectivity index (χ1n) is 6.36. The van der Waals surface area contributed by atoms with Crippen molar-refractivity contribution in [3.63, 3.8) is 0 Å². The van der Waals surface area contributed by atoms with Crippen LogP contribution >= 0.6 is 12.2 Å². The van der Waals surface area contributed by atoms with E-state index >= 15 is 0 Å². The molecule has 0 aliphatic carbocycles. The van der Waals surface area contributed by atoms with E-state index in [0.29, 0.717) is 17.1 Å². The molecule has 0 radical (unpaired) electrons. The van der Waals surface area contributed by atoms with E-state index in [2.05, 4.69) is 23.0 Å². The summed E-state index contributed by atoms with van der Waals surface area (Å²) in [6.45, 7) is 3.88. The van der Waals surface area contributed by atoms with E-state index in [0.717, 1.165) is 12.0 Å². The van der Waals surface area contributed by atoms with Crippen molar-refractivity contribution < 1.29 is 9.53 Å². The summed E-state index contributed by atoms with van der Waals surface area (Å²) in [6.07, 6.45) is 0.899. The maximum absolute atomic E-state index is 11.7. The molecule has 2 aromatic rings. The average Bonchev–Trinajstić information content (AvgIpc) is 2.46. The quantitative estimate of drug-likeness (QED) is 0.694. The van der Waals surface area contributed by atoms with Gasteiger partial charge in [-0.2, -0.15) is 0 Å². The third-order valence-corrected chi connectivity index (χ3v) is 3.45. The Labute approximate surface area is 122 Å². The van der Waals surface area contributed by atoms with Gasteiger partial charge in [0.2, 0.25) is 0 Å². The number of aromatic amines is 1. The van der Waals surface area contributed by atoms with Crippen molar-refractivity contribution in [1.82, 2.24) is 9.97 Å². The van der Waals surface area contributed by atoms with Gasteiger partial charge in [-0.05, 0) is 18.9 Å². The number of hydrogen-bond donors (Lipinski definition) is 1. The molecule has 20 heavy (non-hydrogen) atoms. The molecule has 1 N–H and O–H groups in total. The molecule has 1 aromatic heterocycles. The fourth-order valence-electron chi connectivity index (χ4n) is 2.12. The third-order valence-electron chi connectivity index (χ3n) is 3.15. The van der Waals surface area contributed by atoms with Crippen molar-refractivity contribution in [3.05, 3.63) is 45.7 Å². The molecule has 0 aliphatic rings. The molecule has 0 saturated heterocycles. The van der Waals surface area contributed by atoms with Crippen molar-refractivity contribution >= 4 is 18.2 Å². The van der Waals surface area contributed by atoms with Crippen molar-refractivity contribution in [2.45, 2.75) is 20.3 Å². The zero-order chi connectivity index (χ0) is 14.7. The molecule has 104 valence electrons. The third kappa shape index (κ3) is 2.63. The molecule has 2 rings (SSSR count). The molecule has 0 aliphatic heterocycles. The van der Waals surface area contributed by atoms with E-state index in [1.807, 2.05) is 18.2 Å². The van der Waals surface area contributed by atoms with E-state index in [4.69, 9.17) is 17.0 Å². The summed E-state index contributed by atoms with van der Waals surface area (Å²) in [5.74, 6) is 0.212. The number of rotatable bonds is 3. The highest BCUT2D eigenvalue weighted by atomic mass is 32.1. The number of nitrogens with zero attached hydrogens (tertiary/aromatic N) is 1. The van der Waals surface area contributed by atoms with Gasteiger partial charge < -0.3 is 9.72 Å². The van der Waals surface area contributed by atoms with Crippen molar-refractivity contribution in [2.24, 2.45) is 0 Å². The standard InChI is InChI=1S/C15H16N2O2S/c1-4-10-7-5-6-8-11(10)13-16-9(2)12(14(20)17-13)15(18)19-3/h5-8H,4H2,1-3H3,(H,16,17,20). The van der Waals surface area contributed by atoms with Gasteiger partial charge in [-0.3, -0.25) is 0 Å². The highest BCUT2D eigenvalue weighted by molar-refractivity contribution is 7.71. The lowest BCUT2D eigenvalue weighted by Crippen LogP contribution is -2.09. The fourth-order valence-corrected chi connectivity index (χ4v) is 2.44. The normalized spacial score (nSPS) is 10.3. The first-order valence-corrected chi connectivity index (χ1v) is 6.76.